The molecule has 0 saturated heterocycles. The minimum absolute atomic E-state index is 0.0703. The monoisotopic (exact) mass is 372 g/mol. The Balaban J connectivity index is 0. The Morgan fingerprint density at radius 3 is 0.917 bits per heavy atom. The van der Waals surface area contributed by atoms with Gasteiger partial charge < -0.3 is 20.4 Å². The number of nitrogens with zero attached hydrogens (tertiary/aromatic N) is 2. The van der Waals surface area contributed by atoms with Crippen LogP contribution in [0.3, 0.4) is 0 Å². The molecule has 0 atom stereocenters. The summed E-state index contributed by atoms with van der Waals surface area (Å²) in [6.45, 7) is -2.25. The fourth-order valence-corrected chi connectivity index (χ4v) is 1.48. The lowest BCUT2D eigenvalue weighted by Gasteiger charge is -2.23. The van der Waals surface area contributed by atoms with E-state index >= 15 is 0 Å². The van der Waals surface area contributed by atoms with E-state index in [1.54, 1.807) is 0 Å². The molecule has 24 heavy (non-hydrogen) atoms. The molecular formula is C10H17N2O11P. The van der Waals surface area contributed by atoms with E-state index < -0.39 is 58.0 Å². The van der Waals surface area contributed by atoms with Crippen LogP contribution in [0.4, 0.5) is 0 Å². The lowest BCUT2D eigenvalue weighted by molar-refractivity contribution is -0.145. The first kappa shape index (κ1) is 23.9. The molecule has 0 aromatic rings. The maximum Gasteiger partial charge on any atom is 0.465 e. The molecular weight excluding hydrogens is 355 g/mol. The summed E-state index contributed by atoms with van der Waals surface area (Å²) in [4.78, 5) is 51.4. The first-order valence-electron chi connectivity index (χ1n) is 6.09. The van der Waals surface area contributed by atoms with E-state index in [2.05, 4.69) is 0 Å². The van der Waals surface area contributed by atoms with Crippen molar-refractivity contribution in [3.8, 4) is 0 Å². The number of rotatable bonds is 11. The second-order valence-corrected chi connectivity index (χ2v) is 4.71. The molecule has 0 spiro atoms. The summed E-state index contributed by atoms with van der Waals surface area (Å²) in [6, 6.07) is 0. The molecule has 0 unspecified atom stereocenters. The van der Waals surface area contributed by atoms with Gasteiger partial charge in [-0.2, -0.15) is 0 Å². The molecule has 0 heterocycles. The topological polar surface area (TPSA) is 210 Å². The summed E-state index contributed by atoms with van der Waals surface area (Å²) >= 11 is 0. The van der Waals surface area contributed by atoms with Crippen molar-refractivity contribution in [1.82, 2.24) is 9.80 Å². The summed E-state index contributed by atoms with van der Waals surface area (Å²) in [5, 5.41) is 34.5. The molecule has 138 valence electrons. The van der Waals surface area contributed by atoms with Crippen molar-refractivity contribution in [2.75, 3.05) is 39.3 Å². The fraction of sp³-hybridized carbons (Fsp3) is 0.600. The molecule has 0 aliphatic rings. The second-order valence-electron chi connectivity index (χ2n) is 4.23. The molecule has 0 aliphatic heterocycles. The maximum atomic E-state index is 10.6. The first-order valence-corrected chi connectivity index (χ1v) is 7.22. The Kier molecular flexibility index (Phi) is 13.1. The lowest BCUT2D eigenvalue weighted by Crippen LogP contribution is -2.43. The highest BCUT2D eigenvalue weighted by atomic mass is 31.1. The maximum absolute atomic E-state index is 10.6. The van der Waals surface area contributed by atoms with Crippen LogP contribution in [0.1, 0.15) is 0 Å². The van der Waals surface area contributed by atoms with Gasteiger partial charge in [-0.1, -0.05) is 0 Å². The fourth-order valence-electron chi connectivity index (χ4n) is 1.48. The van der Waals surface area contributed by atoms with Gasteiger partial charge >= 0.3 is 31.8 Å². The molecule has 0 bridgehead atoms. The summed E-state index contributed by atoms with van der Waals surface area (Å²) in [5.74, 6) is -4.91. The Labute approximate surface area is 135 Å². The molecule has 0 amide bonds. The minimum Gasteiger partial charge on any atom is -0.480 e. The van der Waals surface area contributed by atoms with Crippen LogP contribution < -0.4 is 0 Å². The molecule has 0 aromatic heterocycles. The number of carboxylic acid groups (broad SMARTS) is 4. The van der Waals surface area contributed by atoms with Crippen LogP contribution in [0.15, 0.2) is 0 Å². The normalized spacial score (nSPS) is 9.96. The van der Waals surface area contributed by atoms with Gasteiger partial charge in [0.05, 0.1) is 26.2 Å². The lowest BCUT2D eigenvalue weighted by atomic mass is 10.4. The van der Waals surface area contributed by atoms with Gasteiger partial charge in [0.1, 0.15) is 0 Å². The largest absolute Gasteiger partial charge is 0.480 e. The van der Waals surface area contributed by atoms with Crippen molar-refractivity contribution < 1.29 is 53.6 Å². The Morgan fingerprint density at radius 1 is 0.625 bits per heavy atom. The van der Waals surface area contributed by atoms with Crippen LogP contribution in [-0.2, 0) is 28.3 Å². The van der Waals surface area contributed by atoms with Crippen molar-refractivity contribution in [3.63, 3.8) is 0 Å². The zero-order valence-corrected chi connectivity index (χ0v) is 13.2. The van der Waals surface area contributed by atoms with Gasteiger partial charge in [0.2, 0.25) is 0 Å². The summed E-state index contributed by atoms with van der Waals surface area (Å²) in [5.41, 5.74) is 0. The molecule has 5 N–H and O–H groups in total. The summed E-state index contributed by atoms with van der Waals surface area (Å²) < 4.78 is 17.2. The van der Waals surface area contributed by atoms with Crippen molar-refractivity contribution in [2.24, 2.45) is 0 Å². The van der Waals surface area contributed by atoms with Gasteiger partial charge in [-0.05, 0) is 0 Å². The number of carboxylic acids is 4. The van der Waals surface area contributed by atoms with Crippen molar-refractivity contribution in [3.05, 3.63) is 0 Å². The number of carbonyl (C=O) groups is 4. The third-order valence-electron chi connectivity index (χ3n) is 2.17. The van der Waals surface area contributed by atoms with Crippen LogP contribution in [0, 0.1) is 0 Å². The van der Waals surface area contributed by atoms with Crippen molar-refractivity contribution in [1.29, 1.82) is 0 Å². The van der Waals surface area contributed by atoms with Crippen molar-refractivity contribution in [2.45, 2.75) is 0 Å². The Bertz CT molecular complexity index is 443. The van der Waals surface area contributed by atoms with Gasteiger partial charge in [0.15, 0.2) is 0 Å². The van der Waals surface area contributed by atoms with E-state index in [1.807, 2.05) is 0 Å². The van der Waals surface area contributed by atoms with Gasteiger partial charge in [-0.25, -0.2) is 9.13 Å². The van der Waals surface area contributed by atoms with Gasteiger partial charge in [0, 0.05) is 13.1 Å². The first-order chi connectivity index (χ1) is 10.9. The molecule has 0 aromatic carbocycles. The smallest absolute Gasteiger partial charge is 0.465 e. The van der Waals surface area contributed by atoms with Crippen LogP contribution in [-0.4, -0.2) is 98.3 Å². The Hall–Kier alpha value is -2.34. The average molecular weight is 372 g/mol. The molecule has 0 saturated carbocycles. The average Bonchev–Trinajstić information content (AvgIpc) is 2.32. The van der Waals surface area contributed by atoms with Crippen LogP contribution in [0.25, 0.3) is 0 Å². The predicted molar refractivity (Wildman–Crippen MR) is 73.9 cm³/mol. The highest BCUT2D eigenvalue weighted by Crippen LogP contribution is 1.94. The van der Waals surface area contributed by atoms with Gasteiger partial charge in [-0.3, -0.25) is 33.9 Å². The van der Waals surface area contributed by atoms with Crippen molar-refractivity contribution >= 4 is 31.8 Å². The van der Waals surface area contributed by atoms with Gasteiger partial charge in [0.25, 0.3) is 0 Å². The van der Waals surface area contributed by atoms with Gasteiger partial charge in [-0.15, -0.1) is 0 Å². The summed E-state index contributed by atoms with van der Waals surface area (Å²) in [6.07, 6.45) is 0. The quantitative estimate of drug-likeness (QED) is 0.249. The molecule has 0 radical (unpaired) electrons. The molecule has 0 rings (SSSR count). The highest BCUT2D eigenvalue weighted by Gasteiger charge is 2.17. The molecule has 13 nitrogen and oxygen atoms in total. The van der Waals surface area contributed by atoms with Crippen LogP contribution in [0.2, 0.25) is 0 Å². The van der Waals surface area contributed by atoms with E-state index in [9.17, 15) is 19.2 Å². The minimum atomic E-state index is -3.12. The van der Waals surface area contributed by atoms with E-state index in [1.165, 1.54) is 0 Å². The van der Waals surface area contributed by atoms with E-state index in [4.69, 9.17) is 34.4 Å². The summed E-state index contributed by atoms with van der Waals surface area (Å²) in [7, 11) is -3.12. The molecule has 0 aliphatic carbocycles. The zero-order chi connectivity index (χ0) is 19.3. The Morgan fingerprint density at radius 2 is 0.792 bits per heavy atom. The van der Waals surface area contributed by atoms with E-state index in [-0.39, 0.29) is 13.1 Å². The standard InChI is InChI=1S/C10H16N2O8.HO3P/c13-7(14)3-11(4-8(15)16)1-2-12(5-9(17)18)6-10(19)20;1-4(2)3/h1-6H2,(H,13,14)(H,15,16)(H,17,18)(H,19,20);(H,1,2,3). The number of hydrogen-bond acceptors (Lipinski definition) is 8. The van der Waals surface area contributed by atoms with Crippen LogP contribution in [0.5, 0.6) is 0 Å². The van der Waals surface area contributed by atoms with Crippen LogP contribution >= 0.6 is 7.91 Å². The van der Waals surface area contributed by atoms with E-state index in [0.717, 1.165) is 9.80 Å². The molecule has 0 fully saturated rings. The third-order valence-corrected chi connectivity index (χ3v) is 2.17. The van der Waals surface area contributed by atoms with E-state index in [0.29, 0.717) is 0 Å². The highest BCUT2D eigenvalue weighted by molar-refractivity contribution is 7.23. The SMILES string of the molecule is O=C(O)CN(CCN(CC(=O)O)CC(=O)O)CC(=O)O.O=P(=O)O. The number of hydrogen-bond donors (Lipinski definition) is 5. The zero-order valence-electron chi connectivity index (χ0n) is 12.3. The predicted octanol–water partition coefficient (Wildman–Crippen LogP) is -2.00. The second kappa shape index (κ2) is 13.1. The number of aliphatic carboxylic acids is 4. The molecule has 14 heteroatoms. The third kappa shape index (κ3) is 19.7.